The molecule has 4 nitrogen and oxygen atoms in total. The van der Waals surface area contributed by atoms with Gasteiger partial charge in [-0.15, -0.1) is 0 Å². The van der Waals surface area contributed by atoms with Gasteiger partial charge in [-0.1, -0.05) is 19.9 Å². The second-order valence-corrected chi connectivity index (χ2v) is 6.13. The summed E-state index contributed by atoms with van der Waals surface area (Å²) in [5.74, 6) is 1.48. The van der Waals surface area contributed by atoms with E-state index in [0.717, 1.165) is 23.5 Å². The molecule has 0 aromatic heterocycles. The second kappa shape index (κ2) is 5.62. The van der Waals surface area contributed by atoms with Crippen LogP contribution < -0.4 is 14.8 Å². The van der Waals surface area contributed by atoms with E-state index in [2.05, 4.69) is 26.1 Å². The molecule has 1 aliphatic rings. The average Bonchev–Trinajstić information content (AvgIpc) is 2.45. The van der Waals surface area contributed by atoms with Crippen molar-refractivity contribution in [2.24, 2.45) is 5.41 Å². The fourth-order valence-corrected chi connectivity index (χ4v) is 2.71. The van der Waals surface area contributed by atoms with Gasteiger partial charge in [0.1, 0.15) is 0 Å². The van der Waals surface area contributed by atoms with Gasteiger partial charge in [-0.3, -0.25) is 0 Å². The summed E-state index contributed by atoms with van der Waals surface area (Å²) in [5, 5.41) is 13.4. The van der Waals surface area contributed by atoms with Crippen molar-refractivity contribution in [3.8, 4) is 11.5 Å². The maximum Gasteiger partial charge on any atom is 0.161 e. The van der Waals surface area contributed by atoms with Crippen molar-refractivity contribution in [3.63, 3.8) is 0 Å². The summed E-state index contributed by atoms with van der Waals surface area (Å²) >= 11 is 0. The van der Waals surface area contributed by atoms with Crippen LogP contribution in [0.25, 0.3) is 0 Å². The third-order valence-corrected chi connectivity index (χ3v) is 4.57. The van der Waals surface area contributed by atoms with Gasteiger partial charge in [0.25, 0.3) is 0 Å². The molecule has 0 saturated heterocycles. The quantitative estimate of drug-likeness (QED) is 0.869. The monoisotopic (exact) mass is 279 g/mol. The Morgan fingerprint density at radius 1 is 1.25 bits per heavy atom. The topological polar surface area (TPSA) is 50.7 Å². The molecule has 112 valence electrons. The minimum atomic E-state index is -0.211. The Hall–Kier alpha value is -1.26. The predicted molar refractivity (Wildman–Crippen MR) is 79.3 cm³/mol. The maximum atomic E-state index is 9.80. The summed E-state index contributed by atoms with van der Waals surface area (Å²) < 4.78 is 10.6. The Morgan fingerprint density at radius 3 is 2.40 bits per heavy atom. The van der Waals surface area contributed by atoms with Crippen LogP contribution in [0.3, 0.4) is 0 Å². The number of methoxy groups -OCH3 is 2. The Bertz CT molecular complexity index is 473. The zero-order valence-electron chi connectivity index (χ0n) is 12.9. The fourth-order valence-electron chi connectivity index (χ4n) is 2.71. The summed E-state index contributed by atoms with van der Waals surface area (Å²) in [4.78, 5) is 0. The van der Waals surface area contributed by atoms with Gasteiger partial charge in [0.2, 0.25) is 0 Å². The highest BCUT2D eigenvalue weighted by atomic mass is 16.5. The van der Waals surface area contributed by atoms with E-state index < -0.39 is 0 Å². The molecule has 0 heterocycles. The van der Waals surface area contributed by atoms with Crippen LogP contribution >= 0.6 is 0 Å². The fraction of sp³-hybridized carbons (Fsp3) is 0.625. The Balaban J connectivity index is 2.08. The largest absolute Gasteiger partial charge is 0.493 e. The van der Waals surface area contributed by atoms with Gasteiger partial charge in [-0.25, -0.2) is 0 Å². The molecule has 1 saturated carbocycles. The molecule has 3 atom stereocenters. The number of aliphatic hydroxyl groups is 1. The van der Waals surface area contributed by atoms with Crippen LogP contribution in [0.5, 0.6) is 11.5 Å². The van der Waals surface area contributed by atoms with Crippen LogP contribution in [0.2, 0.25) is 0 Å². The van der Waals surface area contributed by atoms with Crippen LogP contribution in [-0.4, -0.2) is 31.5 Å². The molecule has 0 aliphatic heterocycles. The van der Waals surface area contributed by atoms with Crippen molar-refractivity contribution in [2.45, 2.75) is 45.4 Å². The highest BCUT2D eigenvalue weighted by Gasteiger charge is 2.47. The SMILES string of the molecule is COc1ccc(C(C)NC2CC(O)C2(C)C)cc1OC. The molecule has 1 fully saturated rings. The van der Waals surface area contributed by atoms with Crippen molar-refractivity contribution in [2.75, 3.05) is 14.2 Å². The highest BCUT2D eigenvalue weighted by molar-refractivity contribution is 5.43. The predicted octanol–water partition coefficient (Wildman–Crippen LogP) is 2.51. The first kappa shape index (κ1) is 15.1. The standard InChI is InChI=1S/C16H25NO3/c1-10(17-14-9-15(18)16(14,2)3)11-6-7-12(19-4)13(8-11)20-5/h6-8,10,14-15,17-18H,9H2,1-5H3. The normalized spacial score (nSPS) is 25.7. The van der Waals surface area contributed by atoms with E-state index in [9.17, 15) is 5.11 Å². The van der Waals surface area contributed by atoms with Crippen LogP contribution in [0.4, 0.5) is 0 Å². The number of hydrogen-bond acceptors (Lipinski definition) is 4. The number of aliphatic hydroxyl groups excluding tert-OH is 1. The molecule has 4 heteroatoms. The van der Waals surface area contributed by atoms with E-state index in [1.54, 1.807) is 14.2 Å². The number of ether oxygens (including phenoxy) is 2. The number of nitrogens with one attached hydrogen (secondary N) is 1. The van der Waals surface area contributed by atoms with E-state index in [1.165, 1.54) is 0 Å². The lowest BCUT2D eigenvalue weighted by Crippen LogP contribution is -2.60. The molecule has 0 amide bonds. The van der Waals surface area contributed by atoms with Gasteiger partial charge in [-0.05, 0) is 31.0 Å². The lowest BCUT2D eigenvalue weighted by molar-refractivity contribution is -0.0754. The summed E-state index contributed by atoms with van der Waals surface area (Å²) in [5.41, 5.74) is 1.09. The van der Waals surface area contributed by atoms with Gasteiger partial charge in [0.05, 0.1) is 20.3 Å². The van der Waals surface area contributed by atoms with Crippen LogP contribution in [0.1, 0.15) is 38.8 Å². The zero-order valence-corrected chi connectivity index (χ0v) is 12.9. The first-order valence-corrected chi connectivity index (χ1v) is 7.06. The number of rotatable bonds is 5. The lowest BCUT2D eigenvalue weighted by Gasteiger charge is -2.50. The van der Waals surface area contributed by atoms with Crippen molar-refractivity contribution >= 4 is 0 Å². The van der Waals surface area contributed by atoms with Gasteiger partial charge in [0, 0.05) is 17.5 Å². The van der Waals surface area contributed by atoms with Crippen molar-refractivity contribution in [3.05, 3.63) is 23.8 Å². The zero-order chi connectivity index (χ0) is 14.9. The molecule has 1 aromatic rings. The van der Waals surface area contributed by atoms with E-state index in [0.29, 0.717) is 6.04 Å². The second-order valence-electron chi connectivity index (χ2n) is 6.13. The third kappa shape index (κ3) is 2.63. The lowest BCUT2D eigenvalue weighted by atomic mass is 9.64. The van der Waals surface area contributed by atoms with Gasteiger partial charge in [0.15, 0.2) is 11.5 Å². The van der Waals surface area contributed by atoms with E-state index in [1.807, 2.05) is 18.2 Å². The first-order valence-electron chi connectivity index (χ1n) is 7.06. The number of hydrogen-bond donors (Lipinski definition) is 2. The Morgan fingerprint density at radius 2 is 1.90 bits per heavy atom. The minimum absolute atomic E-state index is 0.0647. The molecule has 20 heavy (non-hydrogen) atoms. The molecular formula is C16H25NO3. The maximum absolute atomic E-state index is 9.80. The van der Waals surface area contributed by atoms with Crippen LogP contribution in [0.15, 0.2) is 18.2 Å². The number of benzene rings is 1. The molecular weight excluding hydrogens is 254 g/mol. The van der Waals surface area contributed by atoms with Crippen molar-refractivity contribution in [1.82, 2.24) is 5.32 Å². The first-order chi connectivity index (χ1) is 9.40. The molecule has 0 radical (unpaired) electrons. The van der Waals surface area contributed by atoms with Crippen LogP contribution in [-0.2, 0) is 0 Å². The van der Waals surface area contributed by atoms with Gasteiger partial charge in [-0.2, -0.15) is 0 Å². The van der Waals surface area contributed by atoms with Gasteiger partial charge < -0.3 is 19.9 Å². The van der Waals surface area contributed by atoms with E-state index >= 15 is 0 Å². The van der Waals surface area contributed by atoms with Crippen molar-refractivity contribution < 1.29 is 14.6 Å². The molecule has 0 spiro atoms. The highest BCUT2D eigenvalue weighted by Crippen LogP contribution is 2.41. The minimum Gasteiger partial charge on any atom is -0.493 e. The molecule has 0 bridgehead atoms. The molecule has 2 N–H and O–H groups in total. The van der Waals surface area contributed by atoms with E-state index in [4.69, 9.17) is 9.47 Å². The summed E-state index contributed by atoms with van der Waals surface area (Å²) in [6.45, 7) is 6.32. The molecule has 1 aliphatic carbocycles. The Kier molecular flexibility index (Phi) is 4.25. The van der Waals surface area contributed by atoms with Crippen LogP contribution in [0, 0.1) is 5.41 Å². The van der Waals surface area contributed by atoms with Crippen molar-refractivity contribution in [1.29, 1.82) is 0 Å². The third-order valence-electron chi connectivity index (χ3n) is 4.57. The molecule has 1 aromatic carbocycles. The molecule has 3 unspecified atom stereocenters. The van der Waals surface area contributed by atoms with E-state index in [-0.39, 0.29) is 17.6 Å². The Labute approximate surface area is 121 Å². The van der Waals surface area contributed by atoms with Gasteiger partial charge >= 0.3 is 0 Å². The summed E-state index contributed by atoms with van der Waals surface area (Å²) in [7, 11) is 3.28. The smallest absolute Gasteiger partial charge is 0.161 e. The molecule has 2 rings (SSSR count). The summed E-state index contributed by atoms with van der Waals surface area (Å²) in [6.07, 6.45) is 0.600. The average molecular weight is 279 g/mol. The summed E-state index contributed by atoms with van der Waals surface area (Å²) in [6, 6.07) is 6.50.